The van der Waals surface area contributed by atoms with Gasteiger partial charge in [0.05, 0.1) is 23.8 Å². The van der Waals surface area contributed by atoms with Crippen LogP contribution in [-0.2, 0) is 10.3 Å². The third kappa shape index (κ3) is 2.84. The van der Waals surface area contributed by atoms with Crippen LogP contribution >= 0.6 is 0 Å². The van der Waals surface area contributed by atoms with Gasteiger partial charge in [-0.1, -0.05) is 0 Å². The van der Waals surface area contributed by atoms with Crippen LogP contribution in [0.2, 0.25) is 0 Å². The first-order chi connectivity index (χ1) is 12.0. The van der Waals surface area contributed by atoms with Crippen LogP contribution in [0.5, 0.6) is 0 Å². The van der Waals surface area contributed by atoms with E-state index >= 15 is 0 Å². The average Bonchev–Trinajstić information content (AvgIpc) is 3.07. The highest BCUT2D eigenvalue weighted by Gasteiger charge is 2.53. The molecule has 2 aromatic rings. The van der Waals surface area contributed by atoms with Gasteiger partial charge in [-0.05, 0) is 19.8 Å². The number of amides is 2. The molecule has 1 fully saturated rings. The van der Waals surface area contributed by atoms with Crippen molar-refractivity contribution in [1.82, 2.24) is 29.7 Å². The highest BCUT2D eigenvalue weighted by Crippen LogP contribution is 2.39. The van der Waals surface area contributed by atoms with E-state index in [1.54, 1.807) is 44.5 Å². The van der Waals surface area contributed by atoms with Crippen molar-refractivity contribution in [3.05, 3.63) is 48.1 Å². The summed E-state index contributed by atoms with van der Waals surface area (Å²) in [5, 5.41) is 0. The van der Waals surface area contributed by atoms with Crippen LogP contribution in [0.25, 0.3) is 0 Å². The van der Waals surface area contributed by atoms with Crippen molar-refractivity contribution in [2.75, 3.05) is 20.6 Å². The first-order valence-corrected chi connectivity index (χ1v) is 8.05. The SMILES string of the molecule is Cc1cnc(C(=O)N2CCC[C@]2(C(=O)N(C)C)c2cnccn2)cn1. The second kappa shape index (κ2) is 6.54. The zero-order chi connectivity index (χ0) is 18.0. The minimum Gasteiger partial charge on any atom is -0.346 e. The monoisotopic (exact) mass is 340 g/mol. The van der Waals surface area contributed by atoms with Crippen LogP contribution in [0, 0.1) is 6.92 Å². The Bertz CT molecular complexity index is 777. The van der Waals surface area contributed by atoms with Crippen molar-refractivity contribution in [2.24, 2.45) is 0 Å². The maximum absolute atomic E-state index is 13.1. The fourth-order valence-electron chi connectivity index (χ4n) is 3.22. The Labute approximate surface area is 145 Å². The van der Waals surface area contributed by atoms with Crippen LogP contribution in [0.1, 0.15) is 34.7 Å². The van der Waals surface area contributed by atoms with E-state index in [0.29, 0.717) is 25.1 Å². The maximum atomic E-state index is 13.1. The second-order valence-corrected chi connectivity index (χ2v) is 6.25. The molecular formula is C17H20N6O2. The van der Waals surface area contributed by atoms with Crippen molar-refractivity contribution in [2.45, 2.75) is 25.3 Å². The number of nitrogens with zero attached hydrogens (tertiary/aromatic N) is 6. The van der Waals surface area contributed by atoms with Crippen LogP contribution in [-0.4, -0.2) is 62.2 Å². The van der Waals surface area contributed by atoms with E-state index in [1.807, 2.05) is 0 Å². The van der Waals surface area contributed by atoms with Gasteiger partial charge >= 0.3 is 0 Å². The fourth-order valence-corrected chi connectivity index (χ4v) is 3.22. The van der Waals surface area contributed by atoms with Crippen LogP contribution in [0.3, 0.4) is 0 Å². The van der Waals surface area contributed by atoms with Gasteiger partial charge in [-0.25, -0.2) is 4.98 Å². The lowest BCUT2D eigenvalue weighted by Gasteiger charge is -2.37. The lowest BCUT2D eigenvalue weighted by atomic mass is 9.90. The molecule has 8 heteroatoms. The Morgan fingerprint density at radius 1 is 1.12 bits per heavy atom. The van der Waals surface area contributed by atoms with Gasteiger partial charge in [0.2, 0.25) is 0 Å². The molecule has 0 unspecified atom stereocenters. The topological polar surface area (TPSA) is 92.2 Å². The average molecular weight is 340 g/mol. The molecule has 1 aliphatic heterocycles. The molecule has 0 radical (unpaired) electrons. The minimum atomic E-state index is -1.17. The Hall–Kier alpha value is -2.90. The molecule has 25 heavy (non-hydrogen) atoms. The van der Waals surface area contributed by atoms with Gasteiger partial charge in [0.25, 0.3) is 11.8 Å². The van der Waals surface area contributed by atoms with Crippen molar-refractivity contribution >= 4 is 11.8 Å². The molecule has 1 atom stereocenters. The Kier molecular flexibility index (Phi) is 4.43. The third-order valence-corrected chi connectivity index (χ3v) is 4.37. The van der Waals surface area contributed by atoms with Gasteiger partial charge in [-0.15, -0.1) is 0 Å². The van der Waals surface area contributed by atoms with Gasteiger partial charge < -0.3 is 9.80 Å². The summed E-state index contributed by atoms with van der Waals surface area (Å²) < 4.78 is 0. The number of carbonyl (C=O) groups excluding carboxylic acids is 2. The number of aryl methyl sites for hydroxylation is 1. The zero-order valence-electron chi connectivity index (χ0n) is 14.5. The van der Waals surface area contributed by atoms with E-state index in [1.165, 1.54) is 17.3 Å². The number of likely N-dealkylation sites (N-methyl/N-ethyl adjacent to an activating group) is 1. The largest absolute Gasteiger partial charge is 0.346 e. The number of rotatable bonds is 3. The van der Waals surface area contributed by atoms with Gasteiger partial charge in [-0.2, -0.15) is 0 Å². The van der Waals surface area contributed by atoms with E-state index in [0.717, 1.165) is 5.69 Å². The van der Waals surface area contributed by atoms with E-state index in [9.17, 15) is 9.59 Å². The summed E-state index contributed by atoms with van der Waals surface area (Å²) in [5.41, 5.74) is 0.246. The van der Waals surface area contributed by atoms with E-state index in [-0.39, 0.29) is 17.5 Å². The van der Waals surface area contributed by atoms with Crippen molar-refractivity contribution in [1.29, 1.82) is 0 Å². The fraction of sp³-hybridized carbons (Fsp3) is 0.412. The predicted octanol–water partition coefficient (Wildman–Crippen LogP) is 0.795. The molecule has 0 spiro atoms. The van der Waals surface area contributed by atoms with Crippen molar-refractivity contribution in [3.8, 4) is 0 Å². The molecule has 3 heterocycles. The molecule has 1 saturated heterocycles. The van der Waals surface area contributed by atoms with Gasteiger partial charge in [0.15, 0.2) is 5.54 Å². The smallest absolute Gasteiger partial charge is 0.275 e. The number of likely N-dealkylation sites (tertiary alicyclic amines) is 1. The summed E-state index contributed by atoms with van der Waals surface area (Å²) in [6.07, 6.45) is 8.80. The molecular weight excluding hydrogens is 320 g/mol. The molecule has 0 N–H and O–H groups in total. The first-order valence-electron chi connectivity index (χ1n) is 8.05. The molecule has 1 aliphatic rings. The van der Waals surface area contributed by atoms with E-state index < -0.39 is 5.54 Å². The quantitative estimate of drug-likeness (QED) is 0.820. The lowest BCUT2D eigenvalue weighted by Crippen LogP contribution is -2.55. The normalized spacial score (nSPS) is 19.7. The van der Waals surface area contributed by atoms with Crippen molar-refractivity contribution < 1.29 is 9.59 Å². The lowest BCUT2D eigenvalue weighted by molar-refractivity contribution is -0.140. The molecule has 0 saturated carbocycles. The second-order valence-electron chi connectivity index (χ2n) is 6.25. The van der Waals surface area contributed by atoms with Gasteiger partial charge in [0.1, 0.15) is 5.69 Å². The molecule has 0 aromatic carbocycles. The van der Waals surface area contributed by atoms with Gasteiger partial charge in [-0.3, -0.25) is 24.5 Å². The predicted molar refractivity (Wildman–Crippen MR) is 89.4 cm³/mol. The third-order valence-electron chi connectivity index (χ3n) is 4.37. The summed E-state index contributed by atoms with van der Waals surface area (Å²) in [7, 11) is 3.35. The standard InChI is InChI=1S/C17H20N6O2/c1-12-9-21-13(10-20-12)15(24)23-8-4-5-17(23,16(25)22(2)3)14-11-18-6-7-19-14/h6-7,9-11H,4-5,8H2,1-3H3/t17-/m1/s1. The highest BCUT2D eigenvalue weighted by molar-refractivity contribution is 5.98. The summed E-state index contributed by atoms with van der Waals surface area (Å²) in [6.45, 7) is 2.25. The molecule has 3 rings (SSSR count). The molecule has 130 valence electrons. The molecule has 0 aliphatic carbocycles. The number of hydrogen-bond acceptors (Lipinski definition) is 6. The maximum Gasteiger partial charge on any atom is 0.275 e. The molecule has 8 nitrogen and oxygen atoms in total. The Morgan fingerprint density at radius 3 is 2.52 bits per heavy atom. The molecule has 0 bridgehead atoms. The Morgan fingerprint density at radius 2 is 1.92 bits per heavy atom. The Balaban J connectivity index is 2.09. The summed E-state index contributed by atoms with van der Waals surface area (Å²) >= 11 is 0. The number of carbonyl (C=O) groups is 2. The minimum absolute atomic E-state index is 0.195. The van der Waals surface area contributed by atoms with Gasteiger partial charge in [0, 0.05) is 39.2 Å². The number of hydrogen-bond donors (Lipinski definition) is 0. The molecule has 2 amide bonds. The number of aromatic nitrogens is 4. The molecule has 2 aromatic heterocycles. The zero-order valence-corrected chi connectivity index (χ0v) is 14.5. The van der Waals surface area contributed by atoms with Crippen molar-refractivity contribution in [3.63, 3.8) is 0 Å². The van der Waals surface area contributed by atoms with Crippen LogP contribution < -0.4 is 0 Å². The van der Waals surface area contributed by atoms with E-state index in [2.05, 4.69) is 19.9 Å². The van der Waals surface area contributed by atoms with Crippen LogP contribution in [0.15, 0.2) is 31.0 Å². The first kappa shape index (κ1) is 16.9. The summed E-state index contributed by atoms with van der Waals surface area (Å²) in [4.78, 5) is 46.0. The van der Waals surface area contributed by atoms with E-state index in [4.69, 9.17) is 0 Å². The summed E-state index contributed by atoms with van der Waals surface area (Å²) in [6, 6.07) is 0. The highest BCUT2D eigenvalue weighted by atomic mass is 16.2. The summed E-state index contributed by atoms with van der Waals surface area (Å²) in [5.74, 6) is -0.523. The van der Waals surface area contributed by atoms with Crippen LogP contribution in [0.4, 0.5) is 0 Å².